The molecule has 0 unspecified atom stereocenters. The van der Waals surface area contributed by atoms with Gasteiger partial charge in [-0.2, -0.15) is 5.10 Å². The fraction of sp³-hybridized carbons (Fsp3) is 0.308. The fourth-order valence-corrected chi connectivity index (χ4v) is 2.52. The summed E-state index contributed by atoms with van der Waals surface area (Å²) in [4.78, 5) is 0. The molecule has 2 aromatic rings. The molecule has 1 aromatic carbocycles. The minimum absolute atomic E-state index is 0.106. The van der Waals surface area contributed by atoms with Gasteiger partial charge in [-0.25, -0.2) is 8.42 Å². The second-order valence-electron chi connectivity index (χ2n) is 4.32. The summed E-state index contributed by atoms with van der Waals surface area (Å²) >= 11 is 0. The summed E-state index contributed by atoms with van der Waals surface area (Å²) in [6.07, 6.45) is 3.52. The predicted molar refractivity (Wildman–Crippen MR) is 76.4 cm³/mol. The highest BCUT2D eigenvalue weighted by Gasteiger charge is 2.09. The summed E-state index contributed by atoms with van der Waals surface area (Å²) in [6.45, 7) is 2.01. The van der Waals surface area contributed by atoms with Crippen molar-refractivity contribution in [2.75, 3.05) is 17.2 Å². The van der Waals surface area contributed by atoms with E-state index < -0.39 is 9.84 Å². The number of aromatic nitrogens is 2. The molecule has 0 amide bonds. The van der Waals surface area contributed by atoms with Crippen LogP contribution in [0, 0.1) is 0 Å². The smallest absolute Gasteiger partial charge is 0.151 e. The van der Waals surface area contributed by atoms with Gasteiger partial charge in [0.15, 0.2) is 9.84 Å². The van der Waals surface area contributed by atoms with Gasteiger partial charge >= 0.3 is 0 Å². The van der Waals surface area contributed by atoms with E-state index in [-0.39, 0.29) is 11.5 Å². The van der Waals surface area contributed by atoms with Gasteiger partial charge in [0.1, 0.15) is 0 Å². The first-order valence-corrected chi connectivity index (χ1v) is 7.92. The number of nitrogens with two attached hydrogens (primary N) is 1. The number of aryl methyl sites for hydroxylation is 1. The van der Waals surface area contributed by atoms with E-state index in [4.69, 9.17) is 5.73 Å². The van der Waals surface area contributed by atoms with Crippen molar-refractivity contribution >= 4 is 15.5 Å². The molecule has 0 saturated carbocycles. The molecule has 0 aliphatic carbocycles. The molecule has 0 aliphatic rings. The monoisotopic (exact) mass is 279 g/mol. The Kier molecular flexibility index (Phi) is 3.90. The van der Waals surface area contributed by atoms with Gasteiger partial charge in [0, 0.05) is 28.8 Å². The number of anilines is 1. The third kappa shape index (κ3) is 3.35. The van der Waals surface area contributed by atoms with Gasteiger partial charge in [0.2, 0.25) is 0 Å². The van der Waals surface area contributed by atoms with Gasteiger partial charge in [-0.1, -0.05) is 25.1 Å². The minimum atomic E-state index is -2.97. The Morgan fingerprint density at radius 2 is 2.05 bits per heavy atom. The molecule has 102 valence electrons. The van der Waals surface area contributed by atoms with Crippen LogP contribution in [-0.2, 0) is 16.4 Å². The number of hydrogen-bond acceptors (Lipinski definition) is 4. The molecule has 0 aliphatic heterocycles. The average Bonchev–Trinajstić information content (AvgIpc) is 2.86. The highest BCUT2D eigenvalue weighted by molar-refractivity contribution is 7.91. The maximum atomic E-state index is 11.4. The fourth-order valence-electron chi connectivity index (χ4n) is 1.76. The summed E-state index contributed by atoms with van der Waals surface area (Å²) in [5, 5.41) is 4.17. The third-order valence-electron chi connectivity index (χ3n) is 2.98. The summed E-state index contributed by atoms with van der Waals surface area (Å²) in [5.41, 5.74) is 8.38. The maximum Gasteiger partial charge on any atom is 0.151 e. The molecule has 0 bridgehead atoms. The summed E-state index contributed by atoms with van der Waals surface area (Å²) in [5.74, 6) is 0.266. The number of rotatable bonds is 5. The first-order chi connectivity index (χ1) is 9.02. The van der Waals surface area contributed by atoms with Crippen LogP contribution in [0.5, 0.6) is 0 Å². The van der Waals surface area contributed by atoms with Crippen LogP contribution in [0.2, 0.25) is 0 Å². The predicted octanol–water partition coefficient (Wildman–Crippen LogP) is 1.57. The number of nitrogens with zero attached hydrogens (tertiary/aromatic N) is 2. The lowest BCUT2D eigenvalue weighted by molar-refractivity contribution is 0.582. The van der Waals surface area contributed by atoms with Gasteiger partial charge in [0.05, 0.1) is 18.5 Å². The van der Waals surface area contributed by atoms with Crippen molar-refractivity contribution in [2.24, 2.45) is 0 Å². The first kappa shape index (κ1) is 13.6. The SMILES string of the molecule is CCS(=O)(=O)CCn1cc(-c2ccccc2N)cn1. The number of nitrogen functional groups attached to an aromatic ring is 1. The van der Waals surface area contributed by atoms with Crippen LogP contribution in [0.4, 0.5) is 5.69 Å². The van der Waals surface area contributed by atoms with Crippen LogP contribution < -0.4 is 5.73 Å². The Bertz CT molecular complexity index is 662. The molecule has 2 N–H and O–H groups in total. The van der Waals surface area contributed by atoms with Crippen LogP contribution >= 0.6 is 0 Å². The molecule has 1 heterocycles. The van der Waals surface area contributed by atoms with Gasteiger partial charge < -0.3 is 5.73 Å². The molecule has 6 heteroatoms. The minimum Gasteiger partial charge on any atom is -0.398 e. The maximum absolute atomic E-state index is 11.4. The summed E-state index contributed by atoms with van der Waals surface area (Å²) in [6, 6.07) is 7.52. The largest absolute Gasteiger partial charge is 0.398 e. The topological polar surface area (TPSA) is 78.0 Å². The van der Waals surface area contributed by atoms with Crippen molar-refractivity contribution in [3.05, 3.63) is 36.7 Å². The lowest BCUT2D eigenvalue weighted by Crippen LogP contribution is -2.14. The van der Waals surface area contributed by atoms with E-state index in [1.165, 1.54) is 0 Å². The highest BCUT2D eigenvalue weighted by atomic mass is 32.2. The number of para-hydroxylation sites is 1. The quantitative estimate of drug-likeness (QED) is 0.843. The van der Waals surface area contributed by atoms with E-state index in [9.17, 15) is 8.42 Å². The average molecular weight is 279 g/mol. The second-order valence-corrected chi connectivity index (χ2v) is 6.79. The van der Waals surface area contributed by atoms with Gasteiger partial charge in [-0.15, -0.1) is 0 Å². The number of hydrogen-bond donors (Lipinski definition) is 1. The Morgan fingerprint density at radius 3 is 2.74 bits per heavy atom. The lowest BCUT2D eigenvalue weighted by atomic mass is 10.1. The van der Waals surface area contributed by atoms with Gasteiger partial charge in [0.25, 0.3) is 0 Å². The zero-order valence-corrected chi connectivity index (χ0v) is 11.6. The van der Waals surface area contributed by atoms with Crippen molar-refractivity contribution in [1.29, 1.82) is 0 Å². The Morgan fingerprint density at radius 1 is 1.32 bits per heavy atom. The molecule has 0 atom stereocenters. The van der Waals surface area contributed by atoms with Crippen molar-refractivity contribution in [3.8, 4) is 11.1 Å². The molecular formula is C13H17N3O2S. The number of sulfone groups is 1. The van der Waals surface area contributed by atoms with Crippen molar-refractivity contribution in [1.82, 2.24) is 9.78 Å². The van der Waals surface area contributed by atoms with Crippen molar-refractivity contribution in [3.63, 3.8) is 0 Å². The van der Waals surface area contributed by atoms with E-state index in [2.05, 4.69) is 5.10 Å². The normalized spacial score (nSPS) is 11.6. The van der Waals surface area contributed by atoms with E-state index >= 15 is 0 Å². The standard InChI is InChI=1S/C13H17N3O2S/c1-2-19(17,18)8-7-16-10-11(9-15-16)12-5-3-4-6-13(12)14/h3-6,9-10H,2,7-8,14H2,1H3. The Hall–Kier alpha value is -1.82. The number of benzene rings is 1. The van der Waals surface area contributed by atoms with Crippen LogP contribution in [-0.4, -0.2) is 29.7 Å². The molecule has 19 heavy (non-hydrogen) atoms. The molecule has 2 rings (SSSR count). The summed E-state index contributed by atoms with van der Waals surface area (Å²) < 4.78 is 24.5. The summed E-state index contributed by atoms with van der Waals surface area (Å²) in [7, 11) is -2.97. The molecule has 5 nitrogen and oxygen atoms in total. The lowest BCUT2D eigenvalue weighted by Gasteiger charge is -2.02. The van der Waals surface area contributed by atoms with E-state index in [1.807, 2.05) is 30.5 Å². The zero-order chi connectivity index (χ0) is 13.9. The zero-order valence-electron chi connectivity index (χ0n) is 10.8. The van der Waals surface area contributed by atoms with Gasteiger partial charge in [-0.05, 0) is 6.07 Å². The van der Waals surface area contributed by atoms with Gasteiger partial charge in [-0.3, -0.25) is 4.68 Å². The van der Waals surface area contributed by atoms with E-state index in [1.54, 1.807) is 17.8 Å². The molecule has 0 fully saturated rings. The van der Waals surface area contributed by atoms with Crippen LogP contribution in [0.1, 0.15) is 6.92 Å². The molecule has 0 saturated heterocycles. The second kappa shape index (κ2) is 5.44. The van der Waals surface area contributed by atoms with Crippen LogP contribution in [0.25, 0.3) is 11.1 Å². The molecule has 0 radical (unpaired) electrons. The van der Waals surface area contributed by atoms with E-state index in [0.717, 1.165) is 11.1 Å². The molecule has 1 aromatic heterocycles. The molecule has 0 spiro atoms. The van der Waals surface area contributed by atoms with Crippen LogP contribution in [0.3, 0.4) is 0 Å². The third-order valence-corrected chi connectivity index (χ3v) is 4.66. The van der Waals surface area contributed by atoms with Crippen molar-refractivity contribution in [2.45, 2.75) is 13.5 Å². The highest BCUT2D eigenvalue weighted by Crippen LogP contribution is 2.24. The Balaban J connectivity index is 2.14. The van der Waals surface area contributed by atoms with Crippen LogP contribution in [0.15, 0.2) is 36.7 Å². The molecular weight excluding hydrogens is 262 g/mol. The van der Waals surface area contributed by atoms with Crippen molar-refractivity contribution < 1.29 is 8.42 Å². The van der Waals surface area contributed by atoms with E-state index in [0.29, 0.717) is 12.2 Å². The Labute approximate surface area is 113 Å². The first-order valence-electron chi connectivity index (χ1n) is 6.09.